The third kappa shape index (κ3) is 3.13. The summed E-state index contributed by atoms with van der Waals surface area (Å²) >= 11 is 8.29. The molecule has 0 bridgehead atoms. The number of Topliss-reactive ketones (excluding diaryl/α,β-unsaturated/α-hetero) is 1. The molecule has 0 saturated heterocycles. The molecule has 0 N–H and O–H groups in total. The number of hydrogen-bond acceptors (Lipinski definition) is 4. The first-order valence-corrected chi connectivity index (χ1v) is 8.31. The van der Waals surface area contributed by atoms with Gasteiger partial charge < -0.3 is 4.74 Å². The standard InChI is InChI=1S/C14H13Br2NO2S/c1-7-6-17-10(8(2)13(7)19-3)5-11(18)9-4-12(15)20-14(9)16/h4,6H,5H2,1-3H3. The number of ether oxygens (including phenoxy) is 1. The zero-order chi connectivity index (χ0) is 14.9. The van der Waals surface area contributed by atoms with Gasteiger partial charge in [0.25, 0.3) is 0 Å². The summed E-state index contributed by atoms with van der Waals surface area (Å²) in [4.78, 5) is 16.7. The second-order valence-corrected chi connectivity index (χ2v) is 8.13. The van der Waals surface area contributed by atoms with Crippen LogP contribution in [-0.2, 0) is 6.42 Å². The van der Waals surface area contributed by atoms with E-state index in [-0.39, 0.29) is 12.2 Å². The number of thiophene rings is 1. The van der Waals surface area contributed by atoms with E-state index in [1.807, 2.05) is 19.9 Å². The molecule has 0 aliphatic rings. The molecule has 0 unspecified atom stereocenters. The van der Waals surface area contributed by atoms with Crippen LogP contribution >= 0.6 is 43.2 Å². The van der Waals surface area contributed by atoms with Crippen molar-refractivity contribution >= 4 is 49.0 Å². The monoisotopic (exact) mass is 417 g/mol. The van der Waals surface area contributed by atoms with Crippen molar-refractivity contribution in [2.75, 3.05) is 7.11 Å². The fraction of sp³-hybridized carbons (Fsp3) is 0.286. The third-order valence-corrected chi connectivity index (χ3v) is 5.37. The molecule has 2 aromatic rings. The normalized spacial score (nSPS) is 10.7. The minimum absolute atomic E-state index is 0.0420. The van der Waals surface area contributed by atoms with Gasteiger partial charge in [-0.1, -0.05) is 0 Å². The second-order valence-electron chi connectivity index (χ2n) is 4.38. The first kappa shape index (κ1) is 15.7. The molecule has 0 spiro atoms. The van der Waals surface area contributed by atoms with Crippen molar-refractivity contribution in [3.8, 4) is 5.75 Å². The molecule has 2 rings (SSSR count). The number of aryl methyl sites for hydroxylation is 1. The summed E-state index contributed by atoms with van der Waals surface area (Å²) in [6.45, 7) is 3.87. The highest BCUT2D eigenvalue weighted by Crippen LogP contribution is 2.33. The van der Waals surface area contributed by atoms with Gasteiger partial charge in [0, 0.05) is 22.9 Å². The molecule has 20 heavy (non-hydrogen) atoms. The van der Waals surface area contributed by atoms with Gasteiger partial charge in [0.15, 0.2) is 5.78 Å². The summed E-state index contributed by atoms with van der Waals surface area (Å²) in [6, 6.07) is 1.83. The topological polar surface area (TPSA) is 39.2 Å². The number of hydrogen-bond donors (Lipinski definition) is 0. The smallest absolute Gasteiger partial charge is 0.170 e. The lowest BCUT2D eigenvalue weighted by molar-refractivity contribution is 0.0991. The van der Waals surface area contributed by atoms with Crippen LogP contribution in [-0.4, -0.2) is 17.9 Å². The van der Waals surface area contributed by atoms with E-state index in [0.717, 1.165) is 30.1 Å². The Morgan fingerprint density at radius 3 is 2.65 bits per heavy atom. The van der Waals surface area contributed by atoms with Crippen molar-refractivity contribution in [2.45, 2.75) is 20.3 Å². The first-order valence-electron chi connectivity index (χ1n) is 5.91. The Kier molecular flexibility index (Phi) is 4.99. The molecule has 0 aliphatic heterocycles. The van der Waals surface area contributed by atoms with E-state index in [9.17, 15) is 4.79 Å². The van der Waals surface area contributed by atoms with Crippen molar-refractivity contribution in [2.24, 2.45) is 0 Å². The lowest BCUT2D eigenvalue weighted by Crippen LogP contribution is -2.08. The van der Waals surface area contributed by atoms with Crippen LogP contribution in [0.15, 0.2) is 19.8 Å². The average molecular weight is 419 g/mol. The van der Waals surface area contributed by atoms with Gasteiger partial charge in [-0.25, -0.2) is 0 Å². The van der Waals surface area contributed by atoms with Crippen LogP contribution < -0.4 is 4.74 Å². The maximum Gasteiger partial charge on any atom is 0.170 e. The molecule has 2 aromatic heterocycles. The van der Waals surface area contributed by atoms with Crippen LogP contribution in [0.3, 0.4) is 0 Å². The van der Waals surface area contributed by atoms with E-state index in [2.05, 4.69) is 36.8 Å². The van der Waals surface area contributed by atoms with Gasteiger partial charge in [-0.3, -0.25) is 9.78 Å². The first-order chi connectivity index (χ1) is 9.43. The van der Waals surface area contributed by atoms with Gasteiger partial charge in [0.2, 0.25) is 0 Å². The zero-order valence-corrected chi connectivity index (χ0v) is 15.3. The van der Waals surface area contributed by atoms with Gasteiger partial charge in [0.1, 0.15) is 5.75 Å². The summed E-state index contributed by atoms with van der Waals surface area (Å²) in [5.74, 6) is 0.841. The minimum Gasteiger partial charge on any atom is -0.496 e. The van der Waals surface area contributed by atoms with Crippen LogP contribution in [0.4, 0.5) is 0 Å². The second kappa shape index (κ2) is 6.37. The summed E-state index contributed by atoms with van der Waals surface area (Å²) in [7, 11) is 1.63. The quantitative estimate of drug-likeness (QED) is 0.674. The van der Waals surface area contributed by atoms with E-state index >= 15 is 0 Å². The Morgan fingerprint density at radius 2 is 2.10 bits per heavy atom. The maximum absolute atomic E-state index is 12.4. The zero-order valence-electron chi connectivity index (χ0n) is 11.3. The average Bonchev–Trinajstić information content (AvgIpc) is 2.73. The van der Waals surface area contributed by atoms with Crippen molar-refractivity contribution in [3.63, 3.8) is 0 Å². The maximum atomic E-state index is 12.4. The molecule has 0 aliphatic carbocycles. The molecule has 0 saturated carbocycles. The fourth-order valence-electron chi connectivity index (χ4n) is 2.03. The van der Waals surface area contributed by atoms with Gasteiger partial charge in [-0.05, 0) is 51.8 Å². The number of ketones is 1. The molecule has 0 atom stereocenters. The summed E-state index contributed by atoms with van der Waals surface area (Å²) in [5, 5.41) is 0. The van der Waals surface area contributed by atoms with E-state index in [1.165, 1.54) is 11.3 Å². The van der Waals surface area contributed by atoms with Gasteiger partial charge in [-0.2, -0.15) is 0 Å². The molecule has 0 amide bonds. The van der Waals surface area contributed by atoms with Gasteiger partial charge in [0.05, 0.1) is 26.8 Å². The highest BCUT2D eigenvalue weighted by Gasteiger charge is 2.17. The molecule has 3 nitrogen and oxygen atoms in total. The molecular formula is C14H13Br2NO2S. The predicted molar refractivity (Wildman–Crippen MR) is 88.0 cm³/mol. The summed E-state index contributed by atoms with van der Waals surface area (Å²) in [5.41, 5.74) is 3.33. The molecule has 0 radical (unpaired) electrons. The number of carbonyl (C=O) groups is 1. The van der Waals surface area contributed by atoms with E-state index in [0.29, 0.717) is 5.56 Å². The molecular weight excluding hydrogens is 406 g/mol. The third-order valence-electron chi connectivity index (χ3n) is 3.03. The van der Waals surface area contributed by atoms with Crippen molar-refractivity contribution in [1.82, 2.24) is 4.98 Å². The molecule has 0 aromatic carbocycles. The number of carbonyl (C=O) groups excluding carboxylic acids is 1. The van der Waals surface area contributed by atoms with Crippen LogP contribution in [0.5, 0.6) is 5.75 Å². The number of pyridine rings is 1. The summed E-state index contributed by atoms with van der Waals surface area (Å²) < 4.78 is 7.13. The number of aromatic nitrogens is 1. The lowest BCUT2D eigenvalue weighted by Gasteiger charge is -2.11. The number of nitrogens with zero attached hydrogens (tertiary/aromatic N) is 1. The van der Waals surface area contributed by atoms with Crippen LogP contribution in [0.1, 0.15) is 27.2 Å². The van der Waals surface area contributed by atoms with Crippen molar-refractivity contribution in [3.05, 3.63) is 42.2 Å². The largest absolute Gasteiger partial charge is 0.496 e. The Bertz CT molecular complexity index is 667. The number of halogens is 2. The molecule has 2 heterocycles. The van der Waals surface area contributed by atoms with Crippen molar-refractivity contribution in [1.29, 1.82) is 0 Å². The Balaban J connectivity index is 2.31. The van der Waals surface area contributed by atoms with Crippen LogP contribution in [0, 0.1) is 13.8 Å². The molecule has 6 heteroatoms. The van der Waals surface area contributed by atoms with Crippen LogP contribution in [0.25, 0.3) is 0 Å². The Hall–Kier alpha value is -0.720. The Labute approximate surface area is 138 Å². The van der Waals surface area contributed by atoms with Crippen molar-refractivity contribution < 1.29 is 9.53 Å². The SMILES string of the molecule is COc1c(C)cnc(CC(=O)c2cc(Br)sc2Br)c1C. The van der Waals surface area contributed by atoms with E-state index in [4.69, 9.17) is 4.74 Å². The predicted octanol–water partition coefficient (Wildman–Crippen LogP) is 4.72. The van der Waals surface area contributed by atoms with Gasteiger partial charge >= 0.3 is 0 Å². The van der Waals surface area contributed by atoms with Gasteiger partial charge in [-0.15, -0.1) is 11.3 Å². The minimum atomic E-state index is 0.0420. The molecule has 106 valence electrons. The Morgan fingerprint density at radius 1 is 1.40 bits per heavy atom. The van der Waals surface area contributed by atoms with E-state index in [1.54, 1.807) is 13.3 Å². The molecule has 0 fully saturated rings. The highest BCUT2D eigenvalue weighted by molar-refractivity contribution is 9.12. The number of methoxy groups -OCH3 is 1. The summed E-state index contributed by atoms with van der Waals surface area (Å²) in [6.07, 6.45) is 2.01. The fourth-order valence-corrected chi connectivity index (χ4v) is 4.88. The highest BCUT2D eigenvalue weighted by atomic mass is 79.9. The van der Waals surface area contributed by atoms with E-state index < -0.39 is 0 Å². The number of rotatable bonds is 4. The lowest BCUT2D eigenvalue weighted by atomic mass is 10.0. The van der Waals surface area contributed by atoms with Crippen LogP contribution in [0.2, 0.25) is 0 Å².